The van der Waals surface area contributed by atoms with Crippen LogP contribution in [-0.4, -0.2) is 199 Å². The molecule has 4 rings (SSSR count). The molecule has 2 bridgehead atoms. The summed E-state index contributed by atoms with van der Waals surface area (Å²) in [6.07, 6.45) is 0.252. The molecule has 58 heavy (non-hydrogen) atoms. The van der Waals surface area contributed by atoms with Gasteiger partial charge in [0.15, 0.2) is 5.11 Å². The fraction of sp³-hybridized carbons (Fsp3) is 0.763. The zero-order valence-corrected chi connectivity index (χ0v) is 35.9. The third kappa shape index (κ3) is 23.4. The van der Waals surface area contributed by atoms with Crippen molar-refractivity contribution in [3.8, 4) is 0 Å². The van der Waals surface area contributed by atoms with E-state index in [0.29, 0.717) is 130 Å². The average molecular weight is 857 g/mol. The molecule has 0 atom stereocenters. The minimum Gasteiger partial charge on any atom is -0.382 e. The molecule has 0 radical (unpaired) electrons. The first-order valence-electron chi connectivity index (χ1n) is 20.3. The summed E-state index contributed by atoms with van der Waals surface area (Å²) in [6.45, 7) is 14.4. The molecule has 0 unspecified atom stereocenters. The number of nitrogens with one attached hydrogen (secondary N) is 9. The van der Waals surface area contributed by atoms with Crippen molar-refractivity contribution in [1.82, 2.24) is 42.5 Å². The molecule has 3 fully saturated rings. The molecule has 3 aliphatic heterocycles. The predicted octanol–water partition coefficient (Wildman–Crippen LogP) is -0.998. The van der Waals surface area contributed by atoms with Crippen LogP contribution in [0.4, 0.5) is 11.4 Å². The van der Waals surface area contributed by atoms with Crippen LogP contribution in [0.5, 0.6) is 0 Å². The van der Waals surface area contributed by atoms with Gasteiger partial charge in [0.2, 0.25) is 5.91 Å². The van der Waals surface area contributed by atoms with Gasteiger partial charge in [0, 0.05) is 97.8 Å². The van der Waals surface area contributed by atoms with Crippen molar-refractivity contribution in [3.05, 3.63) is 24.3 Å². The van der Waals surface area contributed by atoms with Gasteiger partial charge in [0.25, 0.3) is 0 Å². The Labute approximate surface area is 355 Å². The molecule has 3 saturated heterocycles. The van der Waals surface area contributed by atoms with Gasteiger partial charge in [-0.15, -0.1) is 0 Å². The molecular formula is C38H68N10O8S2. The molecule has 1 amide bonds. The third-order valence-electron chi connectivity index (χ3n) is 9.06. The Kier molecular flexibility index (Phi) is 28.0. The number of amides is 1. The number of nitrogens with zero attached hydrogens (tertiary/aromatic N) is 1. The number of isothiocyanates is 1. The van der Waals surface area contributed by atoms with E-state index in [4.69, 9.17) is 57.6 Å². The Morgan fingerprint density at radius 2 is 0.966 bits per heavy atom. The summed E-state index contributed by atoms with van der Waals surface area (Å²) in [5.74, 6) is -0.0584. The van der Waals surface area contributed by atoms with E-state index in [1.54, 1.807) is 7.11 Å². The Morgan fingerprint density at radius 3 is 1.34 bits per heavy atom. The van der Waals surface area contributed by atoms with Crippen LogP contribution in [0, 0.1) is 0 Å². The van der Waals surface area contributed by atoms with Gasteiger partial charge < -0.3 is 81.0 Å². The molecule has 0 saturated carbocycles. The number of hydrogen-bond acceptors (Lipinski definition) is 17. The molecule has 0 aromatic heterocycles. The molecule has 0 aliphatic carbocycles. The van der Waals surface area contributed by atoms with Crippen LogP contribution in [0.25, 0.3) is 0 Å². The van der Waals surface area contributed by atoms with Gasteiger partial charge >= 0.3 is 0 Å². The van der Waals surface area contributed by atoms with E-state index in [1.165, 1.54) is 0 Å². The topological polar surface area (TPSA) is 202 Å². The maximum absolute atomic E-state index is 13.2. The molecule has 330 valence electrons. The summed E-state index contributed by atoms with van der Waals surface area (Å²) in [5, 5.41) is 34.8. The van der Waals surface area contributed by atoms with Gasteiger partial charge in [-0.05, 0) is 48.7 Å². The molecule has 9 N–H and O–H groups in total. The van der Waals surface area contributed by atoms with Crippen LogP contribution >= 0.6 is 24.4 Å². The standard InChI is InChI=1S/C38H68N10O8S2/c1-50-14-15-52-18-19-54-22-23-56-25-24-55-21-20-53-17-16-51-13-6-35(49)47-37-26-39-7-10-42-29-38(30-43-11-8-40-27-37,31-44-12-9-41-28-37)48-36(58)46-34-4-2-33(3-5-34)45-32-57/h2-5,39-44H,6-31H2,1H3,(H,47,49)(H2,46,48,58). The van der Waals surface area contributed by atoms with E-state index in [1.807, 2.05) is 24.3 Å². The number of carbonyl (C=O) groups is 1. The molecule has 18 nitrogen and oxygen atoms in total. The lowest BCUT2D eigenvalue weighted by molar-refractivity contribution is -0.124. The summed E-state index contributed by atoms with van der Waals surface area (Å²) >= 11 is 10.5. The van der Waals surface area contributed by atoms with E-state index in [0.717, 1.165) is 50.6 Å². The van der Waals surface area contributed by atoms with Gasteiger partial charge in [-0.2, -0.15) is 4.99 Å². The highest BCUT2D eigenvalue weighted by Crippen LogP contribution is 2.16. The number of anilines is 1. The van der Waals surface area contributed by atoms with Crippen molar-refractivity contribution in [2.75, 3.05) is 177 Å². The molecule has 0 spiro atoms. The first kappa shape index (κ1) is 50.0. The fourth-order valence-corrected chi connectivity index (χ4v) is 6.52. The van der Waals surface area contributed by atoms with Crippen molar-refractivity contribution in [2.24, 2.45) is 4.99 Å². The molecule has 3 aliphatic rings. The van der Waals surface area contributed by atoms with E-state index in [2.05, 4.69) is 58.0 Å². The van der Waals surface area contributed by atoms with Gasteiger partial charge in [-0.25, -0.2) is 0 Å². The van der Waals surface area contributed by atoms with Gasteiger partial charge in [-0.1, -0.05) is 0 Å². The maximum atomic E-state index is 13.2. The van der Waals surface area contributed by atoms with Crippen molar-refractivity contribution in [1.29, 1.82) is 0 Å². The number of methoxy groups -OCH3 is 1. The second-order valence-corrected chi connectivity index (χ2v) is 14.5. The quantitative estimate of drug-likeness (QED) is 0.0329. The number of rotatable bonds is 25. The smallest absolute Gasteiger partial charge is 0.222 e. The fourth-order valence-electron chi connectivity index (χ4n) is 6.08. The van der Waals surface area contributed by atoms with E-state index in [-0.39, 0.29) is 12.3 Å². The van der Waals surface area contributed by atoms with Gasteiger partial charge in [-0.3, -0.25) is 4.79 Å². The lowest BCUT2D eigenvalue weighted by Gasteiger charge is -2.39. The van der Waals surface area contributed by atoms with Crippen LogP contribution in [0.3, 0.4) is 0 Å². The Balaban J connectivity index is 1.32. The zero-order chi connectivity index (χ0) is 41.3. The van der Waals surface area contributed by atoms with Gasteiger partial charge in [0.05, 0.1) is 108 Å². The Bertz CT molecular complexity index is 1240. The highest BCUT2D eigenvalue weighted by molar-refractivity contribution is 7.80. The van der Waals surface area contributed by atoms with Crippen LogP contribution in [0.15, 0.2) is 29.3 Å². The summed E-state index contributed by atoms with van der Waals surface area (Å²) in [4.78, 5) is 17.3. The minimum atomic E-state index is -0.538. The van der Waals surface area contributed by atoms with E-state index in [9.17, 15) is 4.79 Å². The van der Waals surface area contributed by atoms with Crippen LogP contribution in [0.1, 0.15) is 6.42 Å². The summed E-state index contributed by atoms with van der Waals surface area (Å²) in [7, 11) is 1.64. The highest BCUT2D eigenvalue weighted by atomic mass is 32.1. The molecular weight excluding hydrogens is 789 g/mol. The number of ether oxygens (including phenoxy) is 7. The van der Waals surface area contributed by atoms with Gasteiger partial charge in [0.1, 0.15) is 0 Å². The Morgan fingerprint density at radius 1 is 0.603 bits per heavy atom. The zero-order valence-electron chi connectivity index (χ0n) is 34.2. The summed E-state index contributed by atoms with van der Waals surface area (Å²) in [6, 6.07) is 7.54. The van der Waals surface area contributed by atoms with E-state index < -0.39 is 11.1 Å². The predicted molar refractivity (Wildman–Crippen MR) is 233 cm³/mol. The van der Waals surface area contributed by atoms with Crippen molar-refractivity contribution in [3.63, 3.8) is 0 Å². The van der Waals surface area contributed by atoms with Crippen molar-refractivity contribution in [2.45, 2.75) is 17.5 Å². The average Bonchev–Trinajstić information content (AvgIpc) is 3.21. The first-order chi connectivity index (χ1) is 28.5. The number of fused-ring (bicyclic) bond motifs is 15. The summed E-state index contributed by atoms with van der Waals surface area (Å²) < 4.78 is 38.0. The number of aliphatic imine (C=N–C) groups is 1. The number of thiocarbonyl (C=S) groups is 2. The largest absolute Gasteiger partial charge is 0.382 e. The lowest BCUT2D eigenvalue weighted by Crippen LogP contribution is -2.68. The second kappa shape index (κ2) is 32.4. The van der Waals surface area contributed by atoms with Crippen LogP contribution in [0.2, 0.25) is 0 Å². The normalized spacial score (nSPS) is 21.0. The molecule has 3 heterocycles. The highest BCUT2D eigenvalue weighted by Gasteiger charge is 2.33. The molecule has 20 heteroatoms. The SMILES string of the molecule is COCCOCCOCCOCCOCCOCCOCCC(=O)NC12CNCCNCC(NC(=S)Nc3ccc(N=C=S)cc3)(CNCCNC1)CNCCNC2. The number of benzene rings is 1. The first-order valence-corrected chi connectivity index (χ1v) is 21.1. The minimum absolute atomic E-state index is 0.0584. The maximum Gasteiger partial charge on any atom is 0.222 e. The lowest BCUT2D eigenvalue weighted by atomic mass is 9.97. The van der Waals surface area contributed by atoms with Crippen molar-refractivity contribution >= 4 is 52.0 Å². The monoisotopic (exact) mass is 856 g/mol. The number of hydrogen-bond donors (Lipinski definition) is 9. The van der Waals surface area contributed by atoms with Crippen molar-refractivity contribution < 1.29 is 38.0 Å². The van der Waals surface area contributed by atoms with E-state index >= 15 is 0 Å². The molecule has 1 aromatic carbocycles. The van der Waals surface area contributed by atoms with Crippen LogP contribution in [-0.2, 0) is 38.0 Å². The summed E-state index contributed by atoms with van der Waals surface area (Å²) in [5.41, 5.74) is 0.640. The second-order valence-electron chi connectivity index (χ2n) is 13.9. The van der Waals surface area contributed by atoms with Crippen LogP contribution < -0.4 is 47.9 Å². The molecule has 1 aromatic rings. The number of carbonyl (C=O) groups excluding carboxylic acids is 1. The Hall–Kier alpha value is -2.34. The third-order valence-corrected chi connectivity index (χ3v) is 9.36.